The topological polar surface area (TPSA) is 35.5 Å². The van der Waals surface area contributed by atoms with Gasteiger partial charge in [0.2, 0.25) is 0 Å². The van der Waals surface area contributed by atoms with Gasteiger partial charge in [0.15, 0.2) is 0 Å². The summed E-state index contributed by atoms with van der Waals surface area (Å²) in [7, 11) is 0. The first-order valence-electron chi connectivity index (χ1n) is 4.40. The zero-order chi connectivity index (χ0) is 10.2. The van der Waals surface area contributed by atoms with Crippen LogP contribution in [-0.2, 0) is 14.6 Å². The van der Waals surface area contributed by atoms with Gasteiger partial charge in [-0.3, -0.25) is 9.78 Å². The van der Waals surface area contributed by atoms with Crippen LogP contribution in [-0.4, -0.2) is 5.97 Å². The maximum absolute atomic E-state index is 10.6. The largest absolute Gasteiger partial charge is 0.355 e. The van der Waals surface area contributed by atoms with Gasteiger partial charge in [-0.2, -0.15) is 0 Å². The fraction of sp³-hybridized carbons (Fsp3) is 0.182. The van der Waals surface area contributed by atoms with Crippen LogP contribution in [0.5, 0.6) is 0 Å². The Hall–Kier alpha value is -1.77. The lowest BCUT2D eigenvalue weighted by atomic mass is 10.2. The molecule has 0 aromatic heterocycles. The van der Waals surface area contributed by atoms with E-state index >= 15 is 0 Å². The molecule has 3 nitrogen and oxygen atoms in total. The first kappa shape index (κ1) is 10.3. The predicted molar refractivity (Wildman–Crippen MR) is 52.9 cm³/mol. The van der Waals surface area contributed by atoms with E-state index in [0.29, 0.717) is 6.42 Å². The predicted octanol–water partition coefficient (Wildman–Crippen LogP) is 2.54. The van der Waals surface area contributed by atoms with Crippen molar-refractivity contribution in [1.82, 2.24) is 0 Å². The minimum atomic E-state index is -0.386. The summed E-state index contributed by atoms with van der Waals surface area (Å²) in [6.45, 7) is 1.70. The molecule has 1 aromatic carbocycles. The van der Waals surface area contributed by atoms with Crippen molar-refractivity contribution >= 4 is 12.0 Å². The molecule has 0 N–H and O–H groups in total. The van der Waals surface area contributed by atoms with E-state index in [4.69, 9.17) is 0 Å². The Bertz CT molecular complexity index is 304. The summed E-state index contributed by atoms with van der Waals surface area (Å²) in [5.41, 5.74) is 0.986. The molecule has 0 amide bonds. The van der Waals surface area contributed by atoms with Gasteiger partial charge in [-0.1, -0.05) is 37.3 Å². The quantitative estimate of drug-likeness (QED) is 0.418. The molecule has 0 bridgehead atoms. The van der Waals surface area contributed by atoms with E-state index in [0.717, 1.165) is 5.56 Å². The molecule has 0 saturated carbocycles. The minimum Gasteiger partial charge on any atom is -0.295 e. The summed E-state index contributed by atoms with van der Waals surface area (Å²) in [6, 6.07) is 9.59. The Morgan fingerprint density at radius 2 is 2.07 bits per heavy atom. The average Bonchev–Trinajstić information content (AvgIpc) is 2.25. The Labute approximate surface area is 82.9 Å². The number of hydrogen-bond donors (Lipinski definition) is 0. The Kier molecular flexibility index (Phi) is 4.27. The van der Waals surface area contributed by atoms with Gasteiger partial charge in [-0.25, -0.2) is 4.79 Å². The first-order chi connectivity index (χ1) is 6.83. The van der Waals surface area contributed by atoms with E-state index < -0.39 is 0 Å². The van der Waals surface area contributed by atoms with Gasteiger partial charge in [-0.15, -0.1) is 0 Å². The van der Waals surface area contributed by atoms with Crippen LogP contribution in [0.1, 0.15) is 18.9 Å². The molecule has 0 aliphatic heterocycles. The third-order valence-corrected chi connectivity index (χ3v) is 1.55. The molecular weight excluding hydrogens is 180 g/mol. The van der Waals surface area contributed by atoms with Gasteiger partial charge < -0.3 is 0 Å². The maximum atomic E-state index is 10.6. The average molecular weight is 192 g/mol. The molecule has 0 atom stereocenters. The van der Waals surface area contributed by atoms with Crippen molar-refractivity contribution < 1.29 is 14.6 Å². The number of rotatable bonds is 4. The van der Waals surface area contributed by atoms with Crippen molar-refractivity contribution in [1.29, 1.82) is 0 Å². The lowest BCUT2D eigenvalue weighted by molar-refractivity contribution is -0.237. The van der Waals surface area contributed by atoms with Crippen molar-refractivity contribution in [2.75, 3.05) is 0 Å². The van der Waals surface area contributed by atoms with E-state index in [1.54, 1.807) is 13.0 Å². The summed E-state index contributed by atoms with van der Waals surface area (Å²) < 4.78 is 0. The zero-order valence-electron chi connectivity index (χ0n) is 7.97. The van der Waals surface area contributed by atoms with Crippen LogP contribution in [0, 0.1) is 0 Å². The molecule has 0 aliphatic rings. The first-order valence-corrected chi connectivity index (χ1v) is 4.40. The highest BCUT2D eigenvalue weighted by Crippen LogP contribution is 2.01. The number of carbonyl (C=O) groups is 1. The highest BCUT2D eigenvalue weighted by molar-refractivity contribution is 5.68. The molecule has 0 unspecified atom stereocenters. The van der Waals surface area contributed by atoms with Crippen LogP contribution in [0.2, 0.25) is 0 Å². The van der Waals surface area contributed by atoms with Gasteiger partial charge in [0.1, 0.15) is 6.26 Å². The highest BCUT2D eigenvalue weighted by Gasteiger charge is 1.95. The molecule has 14 heavy (non-hydrogen) atoms. The van der Waals surface area contributed by atoms with Gasteiger partial charge in [-0.05, 0) is 11.6 Å². The zero-order valence-corrected chi connectivity index (χ0v) is 7.97. The van der Waals surface area contributed by atoms with Crippen LogP contribution in [0.4, 0.5) is 0 Å². The van der Waals surface area contributed by atoms with E-state index in [-0.39, 0.29) is 5.97 Å². The van der Waals surface area contributed by atoms with E-state index in [1.165, 1.54) is 6.26 Å². The van der Waals surface area contributed by atoms with Crippen molar-refractivity contribution in [3.05, 3.63) is 42.2 Å². The Morgan fingerprint density at radius 3 is 2.71 bits per heavy atom. The van der Waals surface area contributed by atoms with Crippen molar-refractivity contribution in [2.24, 2.45) is 0 Å². The molecule has 3 heteroatoms. The molecule has 74 valence electrons. The van der Waals surface area contributed by atoms with Crippen molar-refractivity contribution in [3.63, 3.8) is 0 Å². The molecule has 1 rings (SSSR count). The second kappa shape index (κ2) is 5.80. The minimum absolute atomic E-state index is 0.305. The second-order valence-electron chi connectivity index (χ2n) is 2.62. The van der Waals surface area contributed by atoms with Crippen LogP contribution < -0.4 is 0 Å². The lowest BCUT2D eigenvalue weighted by Crippen LogP contribution is -1.99. The summed E-state index contributed by atoms with van der Waals surface area (Å²) >= 11 is 0. The van der Waals surface area contributed by atoms with E-state index in [9.17, 15) is 4.79 Å². The third kappa shape index (κ3) is 3.76. The fourth-order valence-electron chi connectivity index (χ4n) is 0.811. The van der Waals surface area contributed by atoms with E-state index in [2.05, 4.69) is 9.78 Å². The van der Waals surface area contributed by atoms with Crippen molar-refractivity contribution in [2.45, 2.75) is 13.3 Å². The maximum Gasteiger partial charge on any atom is 0.355 e. The normalized spacial score (nSPS) is 10.1. The van der Waals surface area contributed by atoms with Gasteiger partial charge >= 0.3 is 5.97 Å². The van der Waals surface area contributed by atoms with Crippen LogP contribution >= 0.6 is 0 Å². The Morgan fingerprint density at radius 1 is 1.36 bits per heavy atom. The summed E-state index contributed by atoms with van der Waals surface area (Å²) in [4.78, 5) is 19.6. The molecule has 0 saturated heterocycles. The molecule has 0 heterocycles. The monoisotopic (exact) mass is 192 g/mol. The SMILES string of the molecule is CCC(=O)OOC=Cc1ccccc1. The number of benzene rings is 1. The molecular formula is C11H12O3. The smallest absolute Gasteiger partial charge is 0.295 e. The second-order valence-corrected chi connectivity index (χ2v) is 2.62. The summed E-state index contributed by atoms with van der Waals surface area (Å²) in [5.74, 6) is -0.386. The molecule has 0 fully saturated rings. The van der Waals surface area contributed by atoms with Crippen LogP contribution in [0.25, 0.3) is 6.08 Å². The lowest BCUT2D eigenvalue weighted by Gasteiger charge is -1.96. The molecule has 1 aromatic rings. The molecule has 0 spiro atoms. The van der Waals surface area contributed by atoms with Crippen LogP contribution in [0.3, 0.4) is 0 Å². The van der Waals surface area contributed by atoms with Gasteiger partial charge in [0, 0.05) is 6.42 Å². The molecule has 0 radical (unpaired) electrons. The van der Waals surface area contributed by atoms with Gasteiger partial charge in [0.25, 0.3) is 0 Å². The Balaban J connectivity index is 2.31. The molecule has 0 aliphatic carbocycles. The van der Waals surface area contributed by atoms with E-state index in [1.807, 2.05) is 30.3 Å². The van der Waals surface area contributed by atoms with Crippen LogP contribution in [0.15, 0.2) is 36.6 Å². The van der Waals surface area contributed by atoms with Crippen molar-refractivity contribution in [3.8, 4) is 0 Å². The summed E-state index contributed by atoms with van der Waals surface area (Å²) in [5, 5.41) is 0. The third-order valence-electron chi connectivity index (χ3n) is 1.55. The standard InChI is InChI=1S/C11H12O3/c1-2-11(12)14-13-9-8-10-6-4-3-5-7-10/h3-9H,2H2,1H3. The fourth-order valence-corrected chi connectivity index (χ4v) is 0.811. The van der Waals surface area contributed by atoms with Gasteiger partial charge in [0.05, 0.1) is 0 Å². The number of carbonyl (C=O) groups excluding carboxylic acids is 1. The summed E-state index contributed by atoms with van der Waals surface area (Å²) in [6.07, 6.45) is 3.35. The number of hydrogen-bond acceptors (Lipinski definition) is 3. The highest BCUT2D eigenvalue weighted by atomic mass is 17.2.